The number of benzene rings is 1. The number of nitrogens with zero attached hydrogens (tertiary/aromatic N) is 2. The van der Waals surface area contributed by atoms with Crippen LogP contribution >= 0.6 is 0 Å². The van der Waals surface area contributed by atoms with E-state index in [0.717, 1.165) is 23.7 Å². The Morgan fingerprint density at radius 2 is 1.19 bits per heavy atom. The average molecular weight is 216 g/mol. The first-order valence-electron chi connectivity index (χ1n) is 4.84. The maximum Gasteiger partial charge on any atom is 0.141 e. The van der Waals surface area contributed by atoms with Crippen LogP contribution in [0.4, 0.5) is 0 Å². The number of aliphatic imine (C=N–C) groups is 2. The van der Waals surface area contributed by atoms with E-state index in [1.807, 2.05) is 24.3 Å². The van der Waals surface area contributed by atoms with E-state index in [2.05, 4.69) is 9.98 Å². The minimum atomic E-state index is 0.183. The molecule has 0 spiro atoms. The van der Waals surface area contributed by atoms with Gasteiger partial charge in [0.2, 0.25) is 0 Å². The first-order chi connectivity index (χ1) is 7.86. The molecule has 0 saturated heterocycles. The number of rotatable bonds is 6. The summed E-state index contributed by atoms with van der Waals surface area (Å²) in [7, 11) is 0. The summed E-state index contributed by atoms with van der Waals surface area (Å²) in [6, 6.07) is 7.49. The Kier molecular flexibility index (Phi) is 5.41. The van der Waals surface area contributed by atoms with Crippen molar-refractivity contribution in [2.75, 3.05) is 13.1 Å². The molecule has 82 valence electrons. The number of hydrogen-bond acceptors (Lipinski definition) is 4. The van der Waals surface area contributed by atoms with Gasteiger partial charge in [0.15, 0.2) is 0 Å². The van der Waals surface area contributed by atoms with Crippen molar-refractivity contribution < 1.29 is 9.59 Å². The summed E-state index contributed by atoms with van der Waals surface area (Å²) < 4.78 is 0. The third-order valence-corrected chi connectivity index (χ3v) is 1.78. The average Bonchev–Trinajstić information content (AvgIpc) is 2.32. The lowest BCUT2D eigenvalue weighted by Gasteiger charge is -1.94. The molecule has 0 N–H and O–H groups in total. The number of carbonyl (C=O) groups is 2. The fourth-order valence-corrected chi connectivity index (χ4v) is 1.07. The summed E-state index contributed by atoms with van der Waals surface area (Å²) in [5.41, 5.74) is 1.85. The predicted octanol–water partition coefficient (Wildman–Crippen LogP) is 0.922. The molecule has 0 aliphatic rings. The Balaban J connectivity index is 2.60. The monoisotopic (exact) mass is 216 g/mol. The van der Waals surface area contributed by atoms with Crippen molar-refractivity contribution in [3.05, 3.63) is 35.4 Å². The zero-order chi connectivity index (χ0) is 11.6. The Labute approximate surface area is 93.7 Å². The van der Waals surface area contributed by atoms with Gasteiger partial charge in [-0.25, -0.2) is 0 Å². The topological polar surface area (TPSA) is 58.9 Å². The van der Waals surface area contributed by atoms with Crippen molar-refractivity contribution in [3.8, 4) is 0 Å². The van der Waals surface area contributed by atoms with E-state index in [9.17, 15) is 9.59 Å². The molecule has 0 amide bonds. The van der Waals surface area contributed by atoms with Gasteiger partial charge in [-0.15, -0.1) is 0 Å². The molecule has 0 atom stereocenters. The molecule has 4 heteroatoms. The molecule has 0 fully saturated rings. The van der Waals surface area contributed by atoms with Crippen LogP contribution in [0, 0.1) is 0 Å². The summed E-state index contributed by atoms with van der Waals surface area (Å²) in [5.74, 6) is 0. The van der Waals surface area contributed by atoms with Crippen molar-refractivity contribution in [1.29, 1.82) is 0 Å². The quantitative estimate of drug-likeness (QED) is 0.524. The van der Waals surface area contributed by atoms with E-state index >= 15 is 0 Å². The maximum absolute atomic E-state index is 10.0. The molecule has 0 saturated carbocycles. The molecule has 1 aromatic carbocycles. The summed E-state index contributed by atoms with van der Waals surface area (Å²) in [4.78, 5) is 27.9. The van der Waals surface area contributed by atoms with Crippen LogP contribution in [0.15, 0.2) is 34.3 Å². The summed E-state index contributed by atoms with van der Waals surface area (Å²) in [6.45, 7) is 0.366. The molecule has 4 nitrogen and oxygen atoms in total. The highest BCUT2D eigenvalue weighted by Gasteiger charge is 1.89. The smallest absolute Gasteiger partial charge is 0.141 e. The fourth-order valence-electron chi connectivity index (χ4n) is 1.07. The van der Waals surface area contributed by atoms with Gasteiger partial charge in [-0.05, 0) is 11.1 Å². The van der Waals surface area contributed by atoms with Crippen molar-refractivity contribution >= 4 is 25.0 Å². The Bertz CT molecular complexity index is 355. The molecule has 1 rings (SSSR count). The molecule has 0 aromatic heterocycles. The fraction of sp³-hybridized carbons (Fsp3) is 0.167. The number of aldehydes is 2. The lowest BCUT2D eigenvalue weighted by molar-refractivity contribution is -0.107. The van der Waals surface area contributed by atoms with E-state index < -0.39 is 0 Å². The maximum atomic E-state index is 10.0. The Morgan fingerprint density at radius 1 is 0.812 bits per heavy atom. The second-order valence-electron chi connectivity index (χ2n) is 2.99. The molecule has 0 unspecified atom stereocenters. The predicted molar refractivity (Wildman–Crippen MR) is 63.5 cm³/mol. The highest BCUT2D eigenvalue weighted by molar-refractivity contribution is 5.84. The Morgan fingerprint density at radius 3 is 1.50 bits per heavy atom. The van der Waals surface area contributed by atoms with Gasteiger partial charge in [0.1, 0.15) is 12.6 Å². The first-order valence-corrected chi connectivity index (χ1v) is 4.84. The Hall–Kier alpha value is -2.10. The third-order valence-electron chi connectivity index (χ3n) is 1.78. The van der Waals surface area contributed by atoms with Gasteiger partial charge in [-0.1, -0.05) is 24.3 Å². The summed E-state index contributed by atoms with van der Waals surface area (Å²) in [5, 5.41) is 0. The van der Waals surface area contributed by atoms with Gasteiger partial charge in [0.25, 0.3) is 0 Å². The first kappa shape index (κ1) is 12.0. The highest BCUT2D eigenvalue weighted by Crippen LogP contribution is 2.00. The minimum absolute atomic E-state index is 0.183. The van der Waals surface area contributed by atoms with E-state index in [1.54, 1.807) is 12.4 Å². The molecule has 0 aliphatic carbocycles. The van der Waals surface area contributed by atoms with Crippen molar-refractivity contribution in [1.82, 2.24) is 0 Å². The molecule has 0 aliphatic heterocycles. The van der Waals surface area contributed by atoms with Gasteiger partial charge in [-0.3, -0.25) is 9.98 Å². The van der Waals surface area contributed by atoms with E-state index in [1.165, 1.54) is 0 Å². The molecule has 0 radical (unpaired) electrons. The van der Waals surface area contributed by atoms with Crippen molar-refractivity contribution in [2.24, 2.45) is 9.98 Å². The summed E-state index contributed by atoms with van der Waals surface area (Å²) in [6.07, 6.45) is 4.77. The van der Waals surface area contributed by atoms with Crippen LogP contribution in [0.1, 0.15) is 11.1 Å². The van der Waals surface area contributed by atoms with E-state index in [-0.39, 0.29) is 13.1 Å². The van der Waals surface area contributed by atoms with Crippen molar-refractivity contribution in [3.63, 3.8) is 0 Å². The van der Waals surface area contributed by atoms with Crippen LogP contribution in [0.25, 0.3) is 0 Å². The number of hydrogen-bond donors (Lipinski definition) is 0. The molecule has 0 bridgehead atoms. The van der Waals surface area contributed by atoms with Crippen LogP contribution in [0.3, 0.4) is 0 Å². The van der Waals surface area contributed by atoms with Crippen LogP contribution in [0.5, 0.6) is 0 Å². The van der Waals surface area contributed by atoms with Gasteiger partial charge in [0, 0.05) is 12.4 Å². The lowest BCUT2D eigenvalue weighted by Crippen LogP contribution is -1.88. The zero-order valence-corrected chi connectivity index (χ0v) is 8.74. The molecule has 16 heavy (non-hydrogen) atoms. The van der Waals surface area contributed by atoms with Crippen LogP contribution < -0.4 is 0 Å². The van der Waals surface area contributed by atoms with Gasteiger partial charge in [0.05, 0.1) is 13.1 Å². The molecule has 1 aromatic rings. The van der Waals surface area contributed by atoms with E-state index in [0.29, 0.717) is 0 Å². The lowest BCUT2D eigenvalue weighted by atomic mass is 10.1. The van der Waals surface area contributed by atoms with Crippen LogP contribution in [-0.4, -0.2) is 38.1 Å². The molecular formula is C12H12N2O2. The van der Waals surface area contributed by atoms with E-state index in [4.69, 9.17) is 0 Å². The second-order valence-corrected chi connectivity index (χ2v) is 2.99. The largest absolute Gasteiger partial charge is 0.301 e. The normalized spacial score (nSPS) is 11.0. The minimum Gasteiger partial charge on any atom is -0.301 e. The van der Waals surface area contributed by atoms with Gasteiger partial charge >= 0.3 is 0 Å². The zero-order valence-electron chi connectivity index (χ0n) is 8.74. The number of carbonyl (C=O) groups excluding carboxylic acids is 2. The van der Waals surface area contributed by atoms with Crippen molar-refractivity contribution in [2.45, 2.75) is 0 Å². The SMILES string of the molecule is O=CCN=Cc1ccc(C=NCC=O)cc1. The highest BCUT2D eigenvalue weighted by atomic mass is 16.1. The van der Waals surface area contributed by atoms with Crippen LogP contribution in [-0.2, 0) is 9.59 Å². The third kappa shape index (κ3) is 4.41. The molecule has 0 heterocycles. The second kappa shape index (κ2) is 7.23. The van der Waals surface area contributed by atoms with Crippen LogP contribution in [0.2, 0.25) is 0 Å². The molecular weight excluding hydrogens is 204 g/mol. The standard InChI is InChI=1S/C12H12N2O2/c15-7-5-13-9-11-1-2-12(4-3-11)10-14-6-8-16/h1-4,7-10H,5-6H2. The van der Waals surface area contributed by atoms with Gasteiger partial charge in [-0.2, -0.15) is 0 Å². The summed E-state index contributed by atoms with van der Waals surface area (Å²) >= 11 is 0. The van der Waals surface area contributed by atoms with Gasteiger partial charge < -0.3 is 9.59 Å².